The first-order valence-electron chi connectivity index (χ1n) is 10.1. The molecule has 4 aromatic rings. The second-order valence-electron chi connectivity index (χ2n) is 7.48. The van der Waals surface area contributed by atoms with Crippen LogP contribution in [-0.2, 0) is 23.6 Å². The van der Waals surface area contributed by atoms with Gasteiger partial charge >= 0.3 is 11.7 Å². The van der Waals surface area contributed by atoms with E-state index in [2.05, 4.69) is 26.2 Å². The molecule has 0 aliphatic rings. The first kappa shape index (κ1) is 23.1. The molecule has 0 saturated carbocycles. The zero-order valence-corrected chi connectivity index (χ0v) is 19.8. The minimum absolute atomic E-state index is 0.000417. The average molecular weight is 523 g/mol. The molecule has 9 nitrogen and oxygen atoms in total. The zero-order chi connectivity index (χ0) is 24.4. The molecular formula is C24H19BrN4O5. The van der Waals surface area contributed by atoms with Gasteiger partial charge in [0.1, 0.15) is 5.82 Å². The number of halogens is 1. The number of nitrogens with one attached hydrogen (secondary N) is 1. The first-order valence-corrected chi connectivity index (χ1v) is 10.9. The van der Waals surface area contributed by atoms with Crippen LogP contribution in [0, 0.1) is 0 Å². The lowest BCUT2D eigenvalue weighted by Gasteiger charge is -2.12. The molecule has 4 rings (SSSR count). The molecule has 0 bridgehead atoms. The molecular weight excluding hydrogens is 504 g/mol. The van der Waals surface area contributed by atoms with Crippen molar-refractivity contribution < 1.29 is 14.3 Å². The van der Waals surface area contributed by atoms with Gasteiger partial charge in [-0.2, -0.15) is 0 Å². The number of carbonyl (C=O) groups is 2. The molecule has 2 aromatic heterocycles. The maximum Gasteiger partial charge on any atom is 0.339 e. The second-order valence-corrected chi connectivity index (χ2v) is 8.39. The summed E-state index contributed by atoms with van der Waals surface area (Å²) >= 11 is 3.44. The number of aromatic nitrogens is 3. The number of esters is 1. The van der Waals surface area contributed by atoms with Crippen LogP contribution in [0.4, 0.5) is 5.82 Å². The summed E-state index contributed by atoms with van der Waals surface area (Å²) < 4.78 is 8.14. The first-order chi connectivity index (χ1) is 16.2. The maximum atomic E-state index is 12.9. The Morgan fingerprint density at radius 3 is 2.53 bits per heavy atom. The molecule has 172 valence electrons. The van der Waals surface area contributed by atoms with Crippen LogP contribution >= 0.6 is 15.9 Å². The molecule has 0 atom stereocenters. The molecule has 1 N–H and O–H groups in total. The summed E-state index contributed by atoms with van der Waals surface area (Å²) in [5.41, 5.74) is 1.08. The summed E-state index contributed by atoms with van der Waals surface area (Å²) in [5.74, 6) is -1.40. The largest absolute Gasteiger partial charge is 0.452 e. The van der Waals surface area contributed by atoms with Crippen molar-refractivity contribution in [3.05, 3.63) is 91.5 Å². The van der Waals surface area contributed by atoms with Gasteiger partial charge in [0.05, 0.1) is 16.8 Å². The van der Waals surface area contributed by atoms with Crippen molar-refractivity contribution in [2.24, 2.45) is 14.1 Å². The van der Waals surface area contributed by atoms with Crippen molar-refractivity contribution >= 4 is 44.5 Å². The molecule has 2 heterocycles. The van der Waals surface area contributed by atoms with Crippen molar-refractivity contribution in [1.82, 2.24) is 14.1 Å². The Kier molecular flexibility index (Phi) is 6.42. The predicted molar refractivity (Wildman–Crippen MR) is 131 cm³/mol. The van der Waals surface area contributed by atoms with Crippen molar-refractivity contribution in [2.75, 3.05) is 11.9 Å². The van der Waals surface area contributed by atoms with Crippen molar-refractivity contribution in [3.8, 4) is 11.3 Å². The average Bonchev–Trinajstić information content (AvgIpc) is 2.83. The Morgan fingerprint density at radius 2 is 1.76 bits per heavy atom. The Bertz CT molecular complexity index is 1560. The highest BCUT2D eigenvalue weighted by molar-refractivity contribution is 9.10. The normalized spacial score (nSPS) is 10.8. The van der Waals surface area contributed by atoms with Gasteiger partial charge in [0.2, 0.25) is 0 Å². The van der Waals surface area contributed by atoms with E-state index < -0.39 is 29.7 Å². The molecule has 1 amide bonds. The Hall–Kier alpha value is -4.05. The topological polar surface area (TPSA) is 112 Å². The number of carbonyl (C=O) groups excluding carboxylic acids is 2. The molecule has 0 unspecified atom stereocenters. The lowest BCUT2D eigenvalue weighted by Crippen LogP contribution is -2.38. The summed E-state index contributed by atoms with van der Waals surface area (Å²) in [6, 6.07) is 17.4. The number of rotatable bonds is 5. The van der Waals surface area contributed by atoms with E-state index in [4.69, 9.17) is 4.74 Å². The number of benzene rings is 2. The number of hydrogen-bond acceptors (Lipinski definition) is 6. The van der Waals surface area contributed by atoms with Gasteiger partial charge in [0.25, 0.3) is 11.5 Å². The van der Waals surface area contributed by atoms with Crippen LogP contribution in [0.1, 0.15) is 10.4 Å². The molecule has 34 heavy (non-hydrogen) atoms. The van der Waals surface area contributed by atoms with E-state index in [1.165, 1.54) is 14.1 Å². The zero-order valence-electron chi connectivity index (χ0n) is 18.2. The molecule has 0 spiro atoms. The van der Waals surface area contributed by atoms with E-state index >= 15 is 0 Å². The van der Waals surface area contributed by atoms with E-state index in [9.17, 15) is 19.2 Å². The molecule has 10 heteroatoms. The third kappa shape index (κ3) is 4.67. The van der Waals surface area contributed by atoms with Crippen molar-refractivity contribution in [2.45, 2.75) is 0 Å². The number of pyridine rings is 1. The van der Waals surface area contributed by atoms with Gasteiger partial charge in [-0.25, -0.2) is 14.6 Å². The summed E-state index contributed by atoms with van der Waals surface area (Å²) in [7, 11) is 2.75. The van der Waals surface area contributed by atoms with Gasteiger partial charge in [-0.1, -0.05) is 46.3 Å². The van der Waals surface area contributed by atoms with E-state index in [1.54, 1.807) is 24.3 Å². The number of nitrogens with zero attached hydrogens (tertiary/aromatic N) is 3. The number of fused-ring (bicyclic) bond motifs is 1. The summed E-state index contributed by atoms with van der Waals surface area (Å²) in [6.07, 6.45) is 0. The number of ether oxygens (including phenoxy) is 1. The van der Waals surface area contributed by atoms with Crippen LogP contribution in [-0.4, -0.2) is 32.6 Å². The molecule has 0 fully saturated rings. The molecule has 0 aliphatic carbocycles. The lowest BCUT2D eigenvalue weighted by molar-refractivity contribution is -0.119. The standard InChI is InChI=1S/C24H19BrN4O5/c1-28-20(12-22(31)29(2)24(28)33)27-21(30)13-34-23(32)17-11-19(14-6-5-7-15(25)10-14)26-18-9-4-3-8-16(17)18/h3-12H,13H2,1-2H3,(H,27,30). The van der Waals surface area contributed by atoms with Gasteiger partial charge < -0.3 is 10.1 Å². The number of amides is 1. The third-order valence-corrected chi connectivity index (χ3v) is 5.68. The van der Waals surface area contributed by atoms with Gasteiger partial charge in [-0.15, -0.1) is 0 Å². The van der Waals surface area contributed by atoms with E-state index in [-0.39, 0.29) is 11.4 Å². The van der Waals surface area contributed by atoms with E-state index in [1.807, 2.05) is 30.3 Å². The Balaban J connectivity index is 1.58. The van der Waals surface area contributed by atoms with Gasteiger partial charge in [0, 0.05) is 35.6 Å². The van der Waals surface area contributed by atoms with E-state index in [0.29, 0.717) is 16.6 Å². The van der Waals surface area contributed by atoms with Crippen LogP contribution in [0.15, 0.2) is 74.7 Å². The van der Waals surface area contributed by atoms with Crippen LogP contribution in [0.5, 0.6) is 0 Å². The molecule has 0 aliphatic heterocycles. The summed E-state index contributed by atoms with van der Waals surface area (Å²) in [6.45, 7) is -0.606. The summed E-state index contributed by atoms with van der Waals surface area (Å²) in [5, 5.41) is 3.01. The van der Waals surface area contributed by atoms with Crippen LogP contribution in [0.25, 0.3) is 22.2 Å². The Morgan fingerprint density at radius 1 is 1.00 bits per heavy atom. The van der Waals surface area contributed by atoms with Crippen LogP contribution < -0.4 is 16.6 Å². The SMILES string of the molecule is Cn1c(NC(=O)COC(=O)c2cc(-c3cccc(Br)c3)nc3ccccc23)cc(=O)n(C)c1=O. The fraction of sp³-hybridized carbons (Fsp3) is 0.125. The van der Waals surface area contributed by atoms with E-state index in [0.717, 1.165) is 25.2 Å². The number of para-hydroxylation sites is 1. The monoisotopic (exact) mass is 522 g/mol. The fourth-order valence-corrected chi connectivity index (χ4v) is 3.78. The number of anilines is 1. The predicted octanol–water partition coefficient (Wildman–Crippen LogP) is 2.86. The molecule has 2 aromatic carbocycles. The second kappa shape index (κ2) is 9.44. The van der Waals surface area contributed by atoms with Crippen LogP contribution in [0.3, 0.4) is 0 Å². The minimum atomic E-state index is -0.706. The highest BCUT2D eigenvalue weighted by Gasteiger charge is 2.17. The quantitative estimate of drug-likeness (QED) is 0.403. The minimum Gasteiger partial charge on any atom is -0.452 e. The van der Waals surface area contributed by atoms with Gasteiger partial charge in [-0.05, 0) is 24.3 Å². The highest BCUT2D eigenvalue weighted by atomic mass is 79.9. The molecule has 0 radical (unpaired) electrons. The third-order valence-electron chi connectivity index (χ3n) is 5.18. The van der Waals surface area contributed by atoms with Gasteiger partial charge in [0.15, 0.2) is 6.61 Å². The maximum absolute atomic E-state index is 12.9. The smallest absolute Gasteiger partial charge is 0.339 e. The summed E-state index contributed by atoms with van der Waals surface area (Å²) in [4.78, 5) is 53.8. The number of hydrogen-bond donors (Lipinski definition) is 1. The van der Waals surface area contributed by atoms with Crippen molar-refractivity contribution in [1.29, 1.82) is 0 Å². The van der Waals surface area contributed by atoms with Crippen LogP contribution in [0.2, 0.25) is 0 Å². The Labute approximate surface area is 201 Å². The lowest BCUT2D eigenvalue weighted by atomic mass is 10.0. The van der Waals surface area contributed by atoms with Crippen molar-refractivity contribution in [3.63, 3.8) is 0 Å². The highest BCUT2D eigenvalue weighted by Crippen LogP contribution is 2.27. The fourth-order valence-electron chi connectivity index (χ4n) is 3.38. The van der Waals surface area contributed by atoms with Gasteiger partial charge in [-0.3, -0.25) is 18.7 Å². The molecule has 0 saturated heterocycles.